The summed E-state index contributed by atoms with van der Waals surface area (Å²) in [4.78, 5) is 17.1. The monoisotopic (exact) mass is 459 g/mol. The van der Waals surface area contributed by atoms with Crippen molar-refractivity contribution in [3.8, 4) is 5.69 Å². The molecule has 0 bridgehead atoms. The molecule has 1 aromatic heterocycles. The Labute approximate surface area is 192 Å². The highest BCUT2D eigenvalue weighted by Crippen LogP contribution is 2.36. The molecule has 9 heteroatoms. The van der Waals surface area contributed by atoms with Crippen LogP contribution < -0.4 is 4.90 Å². The van der Waals surface area contributed by atoms with Crippen LogP contribution in [0.3, 0.4) is 0 Å². The molecule has 2 saturated heterocycles. The number of anilines is 1. The van der Waals surface area contributed by atoms with Crippen LogP contribution >= 0.6 is 11.8 Å². The zero-order chi connectivity index (χ0) is 21.9. The number of thioether (sulfide) groups is 1. The van der Waals surface area contributed by atoms with E-state index < -0.39 is 0 Å². The largest absolute Gasteiger partial charge is 0.378 e. The number of likely N-dealkylation sites (tertiary alicyclic amines) is 1. The molecule has 5 rings (SSSR count). The average molecular weight is 460 g/mol. The summed E-state index contributed by atoms with van der Waals surface area (Å²) in [6.45, 7) is 4.39. The molecule has 0 spiro atoms. The Morgan fingerprint density at radius 1 is 1.09 bits per heavy atom. The normalized spacial score (nSPS) is 23.8. The number of hydrogen-bond acceptors (Lipinski definition) is 6. The Bertz CT molecular complexity index is 948. The molecule has 1 amide bonds. The van der Waals surface area contributed by atoms with Crippen LogP contribution in [0, 0.1) is 17.7 Å². The molecular weight excluding hydrogens is 429 g/mol. The molecule has 1 aliphatic carbocycles. The van der Waals surface area contributed by atoms with Gasteiger partial charge in [-0.05, 0) is 42.9 Å². The minimum Gasteiger partial charge on any atom is -0.378 e. The summed E-state index contributed by atoms with van der Waals surface area (Å²) < 4.78 is 21.3. The molecule has 2 atom stereocenters. The number of fused-ring (bicyclic) bond motifs is 1. The van der Waals surface area contributed by atoms with E-state index in [2.05, 4.69) is 15.1 Å². The van der Waals surface area contributed by atoms with Crippen molar-refractivity contribution < 1.29 is 13.9 Å². The van der Waals surface area contributed by atoms with Gasteiger partial charge in [0.25, 0.3) is 0 Å². The number of rotatable bonds is 5. The number of aromatic nitrogens is 3. The molecule has 172 valence electrons. The number of hydrogen-bond donors (Lipinski definition) is 0. The fraction of sp³-hybridized carbons (Fsp3) is 0.609. The Morgan fingerprint density at radius 3 is 2.72 bits per heavy atom. The van der Waals surface area contributed by atoms with Gasteiger partial charge in [-0.1, -0.05) is 37.1 Å². The predicted molar refractivity (Wildman–Crippen MR) is 122 cm³/mol. The Balaban J connectivity index is 1.32. The van der Waals surface area contributed by atoms with Crippen LogP contribution in [0.15, 0.2) is 29.4 Å². The smallest absolute Gasteiger partial charge is 0.233 e. The third kappa shape index (κ3) is 4.64. The second-order valence-electron chi connectivity index (χ2n) is 8.92. The van der Waals surface area contributed by atoms with Crippen molar-refractivity contribution in [2.75, 3.05) is 50.0 Å². The van der Waals surface area contributed by atoms with Gasteiger partial charge in [0.1, 0.15) is 5.82 Å². The van der Waals surface area contributed by atoms with Crippen molar-refractivity contribution in [2.24, 2.45) is 11.8 Å². The number of carbonyl (C=O) groups is 1. The van der Waals surface area contributed by atoms with Gasteiger partial charge in [0, 0.05) is 26.2 Å². The summed E-state index contributed by atoms with van der Waals surface area (Å²) in [6, 6.07) is 6.43. The highest BCUT2D eigenvalue weighted by Gasteiger charge is 2.33. The summed E-state index contributed by atoms with van der Waals surface area (Å²) in [5, 5.41) is 9.39. The van der Waals surface area contributed by atoms with Crippen LogP contribution in [0.5, 0.6) is 0 Å². The van der Waals surface area contributed by atoms with E-state index in [1.54, 1.807) is 6.07 Å². The molecule has 3 heterocycles. The minimum absolute atomic E-state index is 0.153. The Kier molecular flexibility index (Phi) is 6.64. The SMILES string of the molecule is O=C(CSc1nnc(N2CCOCC2)n1-c1cccc(F)c1)N1CC[C@@H]2CCCC[C@@H]2C1. The Hall–Kier alpha value is -2.13. The van der Waals surface area contributed by atoms with E-state index in [0.29, 0.717) is 54.8 Å². The number of ether oxygens (including phenoxy) is 1. The summed E-state index contributed by atoms with van der Waals surface area (Å²) in [7, 11) is 0. The van der Waals surface area contributed by atoms with Crippen molar-refractivity contribution in [1.82, 2.24) is 19.7 Å². The molecule has 7 nitrogen and oxygen atoms in total. The van der Waals surface area contributed by atoms with Gasteiger partial charge in [-0.15, -0.1) is 10.2 Å². The van der Waals surface area contributed by atoms with E-state index in [1.807, 2.05) is 15.5 Å². The summed E-state index contributed by atoms with van der Waals surface area (Å²) in [5.41, 5.74) is 0.662. The van der Waals surface area contributed by atoms with E-state index in [0.717, 1.165) is 25.4 Å². The van der Waals surface area contributed by atoms with E-state index in [-0.39, 0.29) is 11.7 Å². The Morgan fingerprint density at radius 2 is 1.91 bits per heavy atom. The second-order valence-corrected chi connectivity index (χ2v) is 9.86. The second kappa shape index (κ2) is 9.79. The molecule has 32 heavy (non-hydrogen) atoms. The number of piperidine rings is 1. The summed E-state index contributed by atoms with van der Waals surface area (Å²) >= 11 is 1.38. The van der Waals surface area contributed by atoms with E-state index in [4.69, 9.17) is 4.74 Å². The molecule has 2 aliphatic heterocycles. The van der Waals surface area contributed by atoms with Gasteiger partial charge in [0.05, 0.1) is 24.7 Å². The number of benzene rings is 1. The van der Waals surface area contributed by atoms with Gasteiger partial charge in [0.2, 0.25) is 11.9 Å². The van der Waals surface area contributed by atoms with E-state index >= 15 is 0 Å². The van der Waals surface area contributed by atoms with Gasteiger partial charge < -0.3 is 14.5 Å². The van der Waals surface area contributed by atoms with Crippen LogP contribution in [-0.2, 0) is 9.53 Å². The van der Waals surface area contributed by atoms with Crippen molar-refractivity contribution in [2.45, 2.75) is 37.3 Å². The maximum atomic E-state index is 14.0. The standard InChI is InChI=1S/C23H30FN5O2S/c24-19-6-3-7-20(14-19)29-22(27-10-12-31-13-11-27)25-26-23(29)32-16-21(30)28-9-8-17-4-1-2-5-18(17)15-28/h3,6-7,14,17-18H,1-2,4-5,8-13,15-16H2/t17-,18+/m0/s1. The van der Waals surface area contributed by atoms with Gasteiger partial charge in [-0.3, -0.25) is 9.36 Å². The van der Waals surface area contributed by atoms with Crippen LogP contribution in [0.25, 0.3) is 5.69 Å². The lowest BCUT2D eigenvalue weighted by molar-refractivity contribution is -0.131. The lowest BCUT2D eigenvalue weighted by Gasteiger charge is -2.41. The van der Waals surface area contributed by atoms with Crippen molar-refractivity contribution in [1.29, 1.82) is 0 Å². The molecule has 1 aromatic carbocycles. The predicted octanol–water partition coefficient (Wildman–Crippen LogP) is 3.37. The minimum atomic E-state index is -0.313. The first kappa shape index (κ1) is 21.7. The molecule has 0 N–H and O–H groups in total. The number of nitrogens with zero attached hydrogens (tertiary/aromatic N) is 5. The van der Waals surface area contributed by atoms with Crippen LogP contribution in [0.2, 0.25) is 0 Å². The zero-order valence-corrected chi connectivity index (χ0v) is 19.1. The fourth-order valence-corrected chi connectivity index (χ4v) is 6.06. The molecule has 1 saturated carbocycles. The van der Waals surface area contributed by atoms with Gasteiger partial charge in [0.15, 0.2) is 5.16 Å². The highest BCUT2D eigenvalue weighted by molar-refractivity contribution is 7.99. The number of carbonyl (C=O) groups excluding carboxylic acids is 1. The van der Waals surface area contributed by atoms with Crippen LogP contribution in [0.4, 0.5) is 10.3 Å². The lowest BCUT2D eigenvalue weighted by atomic mass is 9.75. The third-order valence-corrected chi connectivity index (χ3v) is 7.86. The first-order chi connectivity index (χ1) is 15.7. The fourth-order valence-electron chi connectivity index (χ4n) is 5.21. The van der Waals surface area contributed by atoms with Crippen LogP contribution in [0.1, 0.15) is 32.1 Å². The van der Waals surface area contributed by atoms with Crippen LogP contribution in [-0.4, -0.2) is 70.7 Å². The van der Waals surface area contributed by atoms with Gasteiger partial charge in [-0.25, -0.2) is 4.39 Å². The molecule has 3 aliphatic rings. The third-order valence-electron chi connectivity index (χ3n) is 6.95. The number of amides is 1. The first-order valence-electron chi connectivity index (χ1n) is 11.6. The highest BCUT2D eigenvalue weighted by atomic mass is 32.2. The first-order valence-corrected chi connectivity index (χ1v) is 12.6. The lowest BCUT2D eigenvalue weighted by Crippen LogP contribution is -2.45. The maximum Gasteiger partial charge on any atom is 0.233 e. The number of halogens is 1. The number of morpholine rings is 1. The molecule has 3 fully saturated rings. The van der Waals surface area contributed by atoms with E-state index in [1.165, 1.54) is 49.6 Å². The molecule has 0 unspecified atom stereocenters. The van der Waals surface area contributed by atoms with Gasteiger partial charge >= 0.3 is 0 Å². The molecular formula is C23H30FN5O2S. The van der Waals surface area contributed by atoms with E-state index in [9.17, 15) is 9.18 Å². The van der Waals surface area contributed by atoms with Crippen molar-refractivity contribution >= 4 is 23.6 Å². The zero-order valence-electron chi connectivity index (χ0n) is 18.3. The topological polar surface area (TPSA) is 63.5 Å². The summed E-state index contributed by atoms with van der Waals surface area (Å²) in [5.74, 6) is 2.28. The molecule has 2 aromatic rings. The average Bonchev–Trinajstić information content (AvgIpc) is 3.27. The maximum absolute atomic E-state index is 14.0. The summed E-state index contributed by atoms with van der Waals surface area (Å²) in [6.07, 6.45) is 6.33. The van der Waals surface area contributed by atoms with Crippen molar-refractivity contribution in [3.63, 3.8) is 0 Å². The molecule has 0 radical (unpaired) electrons. The quantitative estimate of drug-likeness (QED) is 0.639. The van der Waals surface area contributed by atoms with Gasteiger partial charge in [-0.2, -0.15) is 0 Å². The van der Waals surface area contributed by atoms with Crippen molar-refractivity contribution in [3.05, 3.63) is 30.1 Å².